The van der Waals surface area contributed by atoms with Crippen LogP contribution in [0.4, 0.5) is 10.1 Å². The van der Waals surface area contributed by atoms with Crippen LogP contribution in [0.5, 0.6) is 5.75 Å². The van der Waals surface area contributed by atoms with Crippen LogP contribution in [-0.4, -0.2) is 31.0 Å². The van der Waals surface area contributed by atoms with Gasteiger partial charge in [-0.3, -0.25) is 9.69 Å². The molecule has 4 nitrogen and oxygen atoms in total. The molecule has 0 heterocycles. The van der Waals surface area contributed by atoms with Gasteiger partial charge in [0.25, 0.3) is 0 Å². The molecule has 0 aliphatic heterocycles. The topological polar surface area (TPSA) is 41.6 Å². The van der Waals surface area contributed by atoms with Crippen molar-refractivity contribution in [3.05, 3.63) is 59.9 Å². The zero-order chi connectivity index (χ0) is 17.5. The Balaban J connectivity index is 2.00. The minimum Gasteiger partial charge on any atom is -0.497 e. The first kappa shape index (κ1) is 17.9. The molecular formula is C19H23FN2O2. The summed E-state index contributed by atoms with van der Waals surface area (Å²) in [6.45, 7) is 4.98. The van der Waals surface area contributed by atoms with Crippen molar-refractivity contribution in [3.63, 3.8) is 0 Å². The lowest BCUT2D eigenvalue weighted by molar-refractivity contribution is -0.117. The first-order chi connectivity index (χ1) is 11.5. The molecule has 0 spiro atoms. The Kier molecular flexibility index (Phi) is 6.32. The Morgan fingerprint density at radius 2 is 1.96 bits per heavy atom. The standard InChI is InChI=1S/C19H23FN2O2/c1-4-22(14(2)15-8-10-16(20)11-9-15)13-19(23)21-17-6-5-7-18(12-17)24-3/h5-12,14H,4,13H2,1-3H3,(H,21,23). The number of carbonyl (C=O) groups is 1. The van der Waals surface area contributed by atoms with Crippen LogP contribution in [0.15, 0.2) is 48.5 Å². The molecule has 0 aromatic heterocycles. The molecule has 0 saturated heterocycles. The molecule has 24 heavy (non-hydrogen) atoms. The van der Waals surface area contributed by atoms with Gasteiger partial charge in [-0.15, -0.1) is 0 Å². The van der Waals surface area contributed by atoms with E-state index in [4.69, 9.17) is 4.74 Å². The van der Waals surface area contributed by atoms with Crippen molar-refractivity contribution in [1.82, 2.24) is 4.90 Å². The Labute approximate surface area is 142 Å². The molecule has 1 atom stereocenters. The molecular weight excluding hydrogens is 307 g/mol. The van der Waals surface area contributed by atoms with E-state index in [-0.39, 0.29) is 24.3 Å². The van der Waals surface area contributed by atoms with E-state index in [2.05, 4.69) is 5.32 Å². The summed E-state index contributed by atoms with van der Waals surface area (Å²) < 4.78 is 18.2. The number of ether oxygens (including phenoxy) is 1. The predicted molar refractivity (Wildman–Crippen MR) is 93.7 cm³/mol. The summed E-state index contributed by atoms with van der Waals surface area (Å²) in [6.07, 6.45) is 0. The molecule has 0 aliphatic rings. The quantitative estimate of drug-likeness (QED) is 0.838. The number of anilines is 1. The summed E-state index contributed by atoms with van der Waals surface area (Å²) in [5, 5.41) is 2.88. The van der Waals surface area contributed by atoms with Gasteiger partial charge in [-0.1, -0.05) is 25.1 Å². The lowest BCUT2D eigenvalue weighted by Gasteiger charge is -2.27. The van der Waals surface area contributed by atoms with E-state index >= 15 is 0 Å². The zero-order valence-corrected chi connectivity index (χ0v) is 14.3. The Hall–Kier alpha value is -2.40. The van der Waals surface area contributed by atoms with Crippen molar-refractivity contribution < 1.29 is 13.9 Å². The number of amides is 1. The fraction of sp³-hybridized carbons (Fsp3) is 0.316. The second-order valence-electron chi connectivity index (χ2n) is 5.57. The summed E-state index contributed by atoms with van der Waals surface area (Å²) in [7, 11) is 1.59. The summed E-state index contributed by atoms with van der Waals surface area (Å²) >= 11 is 0. The van der Waals surface area contributed by atoms with Gasteiger partial charge in [0.05, 0.1) is 13.7 Å². The molecule has 128 valence electrons. The van der Waals surface area contributed by atoms with Crippen LogP contribution < -0.4 is 10.1 Å². The molecule has 0 bridgehead atoms. The van der Waals surface area contributed by atoms with Gasteiger partial charge in [0.15, 0.2) is 0 Å². The average Bonchev–Trinajstić information content (AvgIpc) is 2.60. The highest BCUT2D eigenvalue weighted by Gasteiger charge is 2.17. The highest BCUT2D eigenvalue weighted by Crippen LogP contribution is 2.21. The number of hydrogen-bond acceptors (Lipinski definition) is 3. The van der Waals surface area contributed by atoms with Crippen LogP contribution >= 0.6 is 0 Å². The molecule has 1 amide bonds. The Bertz CT molecular complexity index is 673. The number of nitrogens with one attached hydrogen (secondary N) is 1. The normalized spacial score (nSPS) is 12.0. The third-order valence-corrected chi connectivity index (χ3v) is 4.01. The SMILES string of the molecule is CCN(CC(=O)Nc1cccc(OC)c1)C(C)c1ccc(F)cc1. The summed E-state index contributed by atoms with van der Waals surface area (Å²) in [6, 6.07) is 13.7. The molecule has 2 rings (SSSR count). The van der Waals surface area contributed by atoms with Gasteiger partial charge < -0.3 is 10.1 Å². The van der Waals surface area contributed by atoms with Crippen molar-refractivity contribution in [2.45, 2.75) is 19.9 Å². The molecule has 0 fully saturated rings. The summed E-state index contributed by atoms with van der Waals surface area (Å²) in [5.41, 5.74) is 1.68. The number of methoxy groups -OCH3 is 1. The third-order valence-electron chi connectivity index (χ3n) is 4.01. The number of nitrogens with zero attached hydrogens (tertiary/aromatic N) is 1. The van der Waals surface area contributed by atoms with Crippen LogP contribution in [-0.2, 0) is 4.79 Å². The van der Waals surface area contributed by atoms with E-state index in [0.29, 0.717) is 18.0 Å². The molecule has 1 unspecified atom stereocenters. The zero-order valence-electron chi connectivity index (χ0n) is 14.3. The van der Waals surface area contributed by atoms with Crippen LogP contribution in [0.2, 0.25) is 0 Å². The van der Waals surface area contributed by atoms with Gasteiger partial charge in [-0.05, 0) is 43.3 Å². The molecule has 2 aromatic carbocycles. The molecule has 1 N–H and O–H groups in total. The molecule has 5 heteroatoms. The monoisotopic (exact) mass is 330 g/mol. The van der Waals surface area contributed by atoms with Crippen molar-refractivity contribution in [3.8, 4) is 5.75 Å². The van der Waals surface area contributed by atoms with E-state index in [1.54, 1.807) is 25.3 Å². The highest BCUT2D eigenvalue weighted by molar-refractivity contribution is 5.92. The van der Waals surface area contributed by atoms with E-state index in [9.17, 15) is 9.18 Å². The number of hydrogen-bond donors (Lipinski definition) is 1. The summed E-state index contributed by atoms with van der Waals surface area (Å²) in [5.74, 6) is 0.337. The minimum atomic E-state index is -0.259. The van der Waals surface area contributed by atoms with Gasteiger partial charge in [-0.25, -0.2) is 4.39 Å². The maximum Gasteiger partial charge on any atom is 0.238 e. The summed E-state index contributed by atoms with van der Waals surface area (Å²) in [4.78, 5) is 14.3. The van der Waals surface area contributed by atoms with E-state index in [1.807, 2.05) is 36.9 Å². The van der Waals surface area contributed by atoms with Gasteiger partial charge in [0.1, 0.15) is 11.6 Å². The van der Waals surface area contributed by atoms with Crippen LogP contribution in [0.25, 0.3) is 0 Å². The second kappa shape index (κ2) is 8.45. The molecule has 2 aromatic rings. The van der Waals surface area contributed by atoms with Crippen molar-refractivity contribution in [2.75, 3.05) is 25.5 Å². The number of carbonyl (C=O) groups excluding carboxylic acids is 1. The first-order valence-corrected chi connectivity index (χ1v) is 7.97. The lowest BCUT2D eigenvalue weighted by atomic mass is 10.1. The van der Waals surface area contributed by atoms with Crippen molar-refractivity contribution >= 4 is 11.6 Å². The lowest BCUT2D eigenvalue weighted by Crippen LogP contribution is -2.35. The highest BCUT2D eigenvalue weighted by atomic mass is 19.1. The maximum absolute atomic E-state index is 13.1. The number of likely N-dealkylation sites (N-methyl/N-ethyl adjacent to an activating group) is 1. The van der Waals surface area contributed by atoms with E-state index in [1.165, 1.54) is 12.1 Å². The van der Waals surface area contributed by atoms with Gasteiger partial charge in [0, 0.05) is 17.8 Å². The third kappa shape index (κ3) is 4.80. The largest absolute Gasteiger partial charge is 0.497 e. The van der Waals surface area contributed by atoms with Gasteiger partial charge in [0.2, 0.25) is 5.91 Å². The molecule has 0 aliphatic carbocycles. The Morgan fingerprint density at radius 1 is 1.25 bits per heavy atom. The second-order valence-corrected chi connectivity index (χ2v) is 5.57. The van der Waals surface area contributed by atoms with Crippen LogP contribution in [0, 0.1) is 5.82 Å². The predicted octanol–water partition coefficient (Wildman–Crippen LogP) is 3.86. The van der Waals surface area contributed by atoms with E-state index in [0.717, 1.165) is 5.56 Å². The molecule has 0 saturated carbocycles. The van der Waals surface area contributed by atoms with Crippen molar-refractivity contribution in [2.24, 2.45) is 0 Å². The first-order valence-electron chi connectivity index (χ1n) is 7.97. The van der Waals surface area contributed by atoms with Crippen LogP contribution in [0.1, 0.15) is 25.5 Å². The number of benzene rings is 2. The fourth-order valence-corrected chi connectivity index (χ4v) is 2.56. The van der Waals surface area contributed by atoms with Gasteiger partial charge in [-0.2, -0.15) is 0 Å². The number of halogens is 1. The van der Waals surface area contributed by atoms with Gasteiger partial charge >= 0.3 is 0 Å². The van der Waals surface area contributed by atoms with E-state index < -0.39 is 0 Å². The number of rotatable bonds is 7. The average molecular weight is 330 g/mol. The smallest absolute Gasteiger partial charge is 0.238 e. The maximum atomic E-state index is 13.1. The Morgan fingerprint density at radius 3 is 2.58 bits per heavy atom. The fourth-order valence-electron chi connectivity index (χ4n) is 2.56. The molecule has 0 radical (unpaired) electrons. The van der Waals surface area contributed by atoms with Crippen molar-refractivity contribution in [1.29, 1.82) is 0 Å². The van der Waals surface area contributed by atoms with Crippen LogP contribution in [0.3, 0.4) is 0 Å². The minimum absolute atomic E-state index is 0.0201.